The van der Waals surface area contributed by atoms with Gasteiger partial charge < -0.3 is 11.1 Å². The molecule has 5 heteroatoms. The van der Waals surface area contributed by atoms with Gasteiger partial charge in [0.25, 0.3) is 5.91 Å². The van der Waals surface area contributed by atoms with Gasteiger partial charge in [-0.3, -0.25) is 4.79 Å². The predicted molar refractivity (Wildman–Crippen MR) is 76.1 cm³/mol. The molecule has 0 aromatic heterocycles. The average Bonchev–Trinajstić information content (AvgIpc) is 2.34. The van der Waals surface area contributed by atoms with Gasteiger partial charge in [-0.2, -0.15) is 0 Å². The van der Waals surface area contributed by atoms with Crippen molar-refractivity contribution in [3.05, 3.63) is 29.8 Å². The van der Waals surface area contributed by atoms with Gasteiger partial charge in [0.15, 0.2) is 0 Å². The Morgan fingerprint density at radius 3 is 2.71 bits per heavy atom. The lowest BCUT2D eigenvalue weighted by atomic mass is 10.2. The highest BCUT2D eigenvalue weighted by molar-refractivity contribution is 7.98. The van der Waals surface area contributed by atoms with E-state index in [9.17, 15) is 4.79 Å². The van der Waals surface area contributed by atoms with E-state index in [0.717, 1.165) is 23.3 Å². The largest absolute Gasteiger partial charge is 0.352 e. The summed E-state index contributed by atoms with van der Waals surface area (Å²) in [5.74, 6) is 0.00183. The molecule has 3 nitrogen and oxygen atoms in total. The van der Waals surface area contributed by atoms with Crippen molar-refractivity contribution in [3.63, 3.8) is 0 Å². The summed E-state index contributed by atoms with van der Waals surface area (Å²) < 4.78 is 0. The van der Waals surface area contributed by atoms with Gasteiger partial charge in [0.05, 0.1) is 5.56 Å². The molecule has 0 spiro atoms. The minimum absolute atomic E-state index is 0. The Morgan fingerprint density at radius 1 is 1.35 bits per heavy atom. The Bertz CT molecular complexity index is 347. The minimum atomic E-state index is 0. The smallest absolute Gasteiger partial charge is 0.252 e. The van der Waals surface area contributed by atoms with Crippen LogP contribution < -0.4 is 11.1 Å². The van der Waals surface area contributed by atoms with Gasteiger partial charge in [-0.1, -0.05) is 12.1 Å². The fourth-order valence-electron chi connectivity index (χ4n) is 1.40. The highest BCUT2D eigenvalue weighted by atomic mass is 35.5. The van der Waals surface area contributed by atoms with E-state index in [-0.39, 0.29) is 18.3 Å². The van der Waals surface area contributed by atoms with Gasteiger partial charge in [0.2, 0.25) is 0 Å². The van der Waals surface area contributed by atoms with E-state index >= 15 is 0 Å². The summed E-state index contributed by atoms with van der Waals surface area (Å²) in [5.41, 5.74) is 6.14. The van der Waals surface area contributed by atoms with Crippen LogP contribution in [-0.4, -0.2) is 25.3 Å². The molecular formula is C12H19ClN2OS. The molecule has 1 aromatic rings. The lowest BCUT2D eigenvalue weighted by molar-refractivity contribution is 0.0950. The summed E-state index contributed by atoms with van der Waals surface area (Å²) >= 11 is 1.59. The molecule has 0 aliphatic rings. The zero-order valence-corrected chi connectivity index (χ0v) is 11.6. The standard InChI is InChI=1S/C12H18N2OS.ClH/c1-16-11-7-3-2-6-10(11)12(15)14-9-5-4-8-13;/h2-3,6-7H,4-5,8-9,13H2,1H3,(H,14,15);1H. The van der Waals surface area contributed by atoms with Crippen LogP contribution in [0.15, 0.2) is 29.2 Å². The van der Waals surface area contributed by atoms with Crippen LogP contribution >= 0.6 is 24.2 Å². The minimum Gasteiger partial charge on any atom is -0.352 e. The van der Waals surface area contributed by atoms with E-state index in [1.807, 2.05) is 30.5 Å². The van der Waals surface area contributed by atoms with Crippen LogP contribution in [0, 0.1) is 0 Å². The monoisotopic (exact) mass is 274 g/mol. The van der Waals surface area contributed by atoms with E-state index in [2.05, 4.69) is 5.32 Å². The molecular weight excluding hydrogens is 256 g/mol. The molecule has 0 aliphatic heterocycles. The maximum atomic E-state index is 11.8. The van der Waals surface area contributed by atoms with Crippen molar-refractivity contribution in [2.45, 2.75) is 17.7 Å². The molecule has 0 saturated heterocycles. The number of hydrogen-bond acceptors (Lipinski definition) is 3. The Hall–Kier alpha value is -0.710. The van der Waals surface area contributed by atoms with Crippen molar-refractivity contribution in [3.8, 4) is 0 Å². The summed E-state index contributed by atoms with van der Waals surface area (Å²) in [7, 11) is 0. The van der Waals surface area contributed by atoms with E-state index < -0.39 is 0 Å². The Labute approximate surface area is 113 Å². The molecule has 1 aromatic carbocycles. The molecule has 0 heterocycles. The quantitative estimate of drug-likeness (QED) is 0.618. The van der Waals surface area contributed by atoms with E-state index in [4.69, 9.17) is 5.73 Å². The van der Waals surface area contributed by atoms with Crippen molar-refractivity contribution in [2.24, 2.45) is 5.73 Å². The number of nitrogens with two attached hydrogens (primary N) is 1. The van der Waals surface area contributed by atoms with Crippen LogP contribution in [-0.2, 0) is 0 Å². The molecule has 0 aliphatic carbocycles. The zero-order valence-electron chi connectivity index (χ0n) is 9.94. The number of carbonyl (C=O) groups excluding carboxylic acids is 1. The number of halogens is 1. The Kier molecular flexibility index (Phi) is 8.94. The summed E-state index contributed by atoms with van der Waals surface area (Å²) in [5, 5.41) is 2.90. The first kappa shape index (κ1) is 16.3. The average molecular weight is 275 g/mol. The highest BCUT2D eigenvalue weighted by Crippen LogP contribution is 2.19. The first-order chi connectivity index (χ1) is 7.79. The van der Waals surface area contributed by atoms with E-state index in [1.54, 1.807) is 11.8 Å². The predicted octanol–water partition coefficient (Wildman–Crippen LogP) is 2.30. The van der Waals surface area contributed by atoms with Gasteiger partial charge in [-0.15, -0.1) is 24.2 Å². The first-order valence-corrected chi connectivity index (χ1v) is 6.63. The third kappa shape index (κ3) is 5.44. The summed E-state index contributed by atoms with van der Waals surface area (Å²) in [6, 6.07) is 7.63. The molecule has 1 rings (SSSR count). The number of unbranched alkanes of at least 4 members (excludes halogenated alkanes) is 1. The van der Waals surface area contributed by atoms with Gasteiger partial charge >= 0.3 is 0 Å². The number of hydrogen-bond donors (Lipinski definition) is 2. The second kappa shape index (κ2) is 9.33. The van der Waals surface area contributed by atoms with Crippen LogP contribution in [0.25, 0.3) is 0 Å². The molecule has 0 bridgehead atoms. The fraction of sp³-hybridized carbons (Fsp3) is 0.417. The SMILES string of the molecule is CSc1ccccc1C(=O)NCCCCN.Cl. The second-order valence-corrected chi connectivity index (χ2v) is 4.30. The first-order valence-electron chi connectivity index (χ1n) is 5.41. The maximum absolute atomic E-state index is 11.8. The van der Waals surface area contributed by atoms with Gasteiger partial charge in [0, 0.05) is 11.4 Å². The Morgan fingerprint density at radius 2 is 2.06 bits per heavy atom. The topological polar surface area (TPSA) is 55.1 Å². The zero-order chi connectivity index (χ0) is 11.8. The van der Waals surface area contributed by atoms with Gasteiger partial charge in [0.1, 0.15) is 0 Å². The lowest BCUT2D eigenvalue weighted by Crippen LogP contribution is -2.25. The summed E-state index contributed by atoms with van der Waals surface area (Å²) in [6.45, 7) is 1.37. The third-order valence-electron chi connectivity index (χ3n) is 2.27. The number of benzene rings is 1. The normalized spacial score (nSPS) is 9.53. The van der Waals surface area contributed by atoms with Crippen LogP contribution in [0.4, 0.5) is 0 Å². The van der Waals surface area contributed by atoms with Crippen molar-refractivity contribution >= 4 is 30.1 Å². The number of thioether (sulfide) groups is 1. The lowest BCUT2D eigenvalue weighted by Gasteiger charge is -2.07. The van der Waals surface area contributed by atoms with Crippen molar-refractivity contribution in [1.82, 2.24) is 5.32 Å². The molecule has 0 radical (unpaired) electrons. The molecule has 96 valence electrons. The van der Waals surface area contributed by atoms with Crippen LogP contribution in [0.1, 0.15) is 23.2 Å². The summed E-state index contributed by atoms with van der Waals surface area (Å²) in [6.07, 6.45) is 3.86. The van der Waals surface area contributed by atoms with Crippen molar-refractivity contribution < 1.29 is 4.79 Å². The van der Waals surface area contributed by atoms with Gasteiger partial charge in [-0.05, 0) is 37.8 Å². The molecule has 0 atom stereocenters. The number of rotatable bonds is 6. The molecule has 1 amide bonds. The van der Waals surface area contributed by atoms with Crippen molar-refractivity contribution in [2.75, 3.05) is 19.3 Å². The molecule has 0 saturated carbocycles. The molecule has 0 unspecified atom stereocenters. The number of amides is 1. The summed E-state index contributed by atoms with van der Waals surface area (Å²) in [4.78, 5) is 12.8. The van der Waals surface area contributed by atoms with Crippen LogP contribution in [0.2, 0.25) is 0 Å². The van der Waals surface area contributed by atoms with Crippen molar-refractivity contribution in [1.29, 1.82) is 0 Å². The number of carbonyl (C=O) groups is 1. The molecule has 17 heavy (non-hydrogen) atoms. The second-order valence-electron chi connectivity index (χ2n) is 3.45. The highest BCUT2D eigenvalue weighted by Gasteiger charge is 2.08. The number of nitrogens with one attached hydrogen (secondary N) is 1. The van der Waals surface area contributed by atoms with Crippen LogP contribution in [0.3, 0.4) is 0 Å². The van der Waals surface area contributed by atoms with Gasteiger partial charge in [-0.25, -0.2) is 0 Å². The molecule has 0 fully saturated rings. The van der Waals surface area contributed by atoms with E-state index in [1.165, 1.54) is 0 Å². The Balaban J connectivity index is 0.00000256. The van der Waals surface area contributed by atoms with Crippen LogP contribution in [0.5, 0.6) is 0 Å². The maximum Gasteiger partial charge on any atom is 0.252 e. The van der Waals surface area contributed by atoms with E-state index in [0.29, 0.717) is 13.1 Å². The fourth-order valence-corrected chi connectivity index (χ4v) is 1.99. The molecule has 3 N–H and O–H groups in total. The third-order valence-corrected chi connectivity index (χ3v) is 3.06.